The number of hydrogen-bond donors (Lipinski definition) is 0. The minimum Gasteiger partial charge on any atom is -0.372 e. The predicted octanol–water partition coefficient (Wildman–Crippen LogP) is 2.68. The Bertz CT molecular complexity index is 716. The van der Waals surface area contributed by atoms with Gasteiger partial charge in [-0.1, -0.05) is 29.4 Å². The number of ether oxygens (including phenoxy) is 1. The number of hydrogen-bond acceptors (Lipinski definition) is 6. The maximum absolute atomic E-state index is 12.5. The van der Waals surface area contributed by atoms with Crippen LogP contribution in [0, 0.1) is 0 Å². The van der Waals surface area contributed by atoms with Crippen molar-refractivity contribution in [1.82, 2.24) is 15.2 Å². The van der Waals surface area contributed by atoms with Crippen LogP contribution in [0.25, 0.3) is 11.4 Å². The number of benzene rings is 1. The van der Waals surface area contributed by atoms with Crippen molar-refractivity contribution in [2.75, 3.05) is 14.2 Å². The fourth-order valence-electron chi connectivity index (χ4n) is 1.92. The summed E-state index contributed by atoms with van der Waals surface area (Å²) in [5.74, 6) is -1.94. The first-order chi connectivity index (χ1) is 11.8. The standard InChI is InChI=1S/C15H16F3N3O4/c1-9(23-2)13(22)21(24-3)8-10-4-6-11(7-5-10)12-19-14(25-20-12)15(16,17)18/h4-7,9H,8H2,1-3H3/t9-/m1/s1. The van der Waals surface area contributed by atoms with Gasteiger partial charge in [0.15, 0.2) is 0 Å². The maximum atomic E-state index is 12.5. The van der Waals surface area contributed by atoms with Crippen LogP contribution in [0.4, 0.5) is 13.2 Å². The third kappa shape index (κ3) is 4.54. The van der Waals surface area contributed by atoms with E-state index in [1.54, 1.807) is 19.1 Å². The van der Waals surface area contributed by atoms with Crippen LogP contribution in [0.2, 0.25) is 0 Å². The van der Waals surface area contributed by atoms with Gasteiger partial charge in [-0.25, -0.2) is 5.06 Å². The third-order valence-corrected chi connectivity index (χ3v) is 3.37. The zero-order valence-corrected chi connectivity index (χ0v) is 13.7. The van der Waals surface area contributed by atoms with E-state index >= 15 is 0 Å². The van der Waals surface area contributed by atoms with E-state index in [0.29, 0.717) is 11.1 Å². The Balaban J connectivity index is 2.11. The van der Waals surface area contributed by atoms with E-state index < -0.39 is 18.2 Å². The van der Waals surface area contributed by atoms with E-state index in [2.05, 4.69) is 14.7 Å². The van der Waals surface area contributed by atoms with Crippen LogP contribution in [0.5, 0.6) is 0 Å². The molecule has 1 aromatic carbocycles. The lowest BCUT2D eigenvalue weighted by Gasteiger charge is -2.22. The van der Waals surface area contributed by atoms with Crippen LogP contribution in [-0.2, 0) is 27.1 Å². The van der Waals surface area contributed by atoms with Gasteiger partial charge in [0.05, 0.1) is 13.7 Å². The molecule has 2 rings (SSSR count). The second kappa shape index (κ2) is 7.62. The van der Waals surface area contributed by atoms with Crippen LogP contribution in [0.1, 0.15) is 18.4 Å². The van der Waals surface area contributed by atoms with Crippen molar-refractivity contribution in [1.29, 1.82) is 0 Å². The van der Waals surface area contributed by atoms with Crippen molar-refractivity contribution in [2.24, 2.45) is 0 Å². The molecule has 0 saturated heterocycles. The zero-order valence-electron chi connectivity index (χ0n) is 13.7. The van der Waals surface area contributed by atoms with Gasteiger partial charge in [-0.05, 0) is 12.5 Å². The number of aromatic nitrogens is 2. The molecule has 0 aliphatic rings. The minimum atomic E-state index is -4.69. The van der Waals surface area contributed by atoms with Gasteiger partial charge in [0.25, 0.3) is 5.91 Å². The normalized spacial score (nSPS) is 12.9. The molecule has 25 heavy (non-hydrogen) atoms. The Hall–Kier alpha value is -2.46. The topological polar surface area (TPSA) is 77.7 Å². The first-order valence-electron chi connectivity index (χ1n) is 7.14. The molecule has 0 N–H and O–H groups in total. The molecule has 1 amide bonds. The second-order valence-corrected chi connectivity index (χ2v) is 5.05. The van der Waals surface area contributed by atoms with Gasteiger partial charge in [0.1, 0.15) is 6.10 Å². The van der Waals surface area contributed by atoms with Crippen molar-refractivity contribution < 1.29 is 32.1 Å². The van der Waals surface area contributed by atoms with E-state index in [1.807, 2.05) is 0 Å². The highest BCUT2D eigenvalue weighted by Gasteiger charge is 2.38. The average molecular weight is 359 g/mol. The SMILES string of the molecule is CO[C@H](C)C(=O)N(Cc1ccc(-c2noc(C(F)(F)F)n2)cc1)OC. The maximum Gasteiger partial charge on any atom is 0.471 e. The highest BCUT2D eigenvalue weighted by Crippen LogP contribution is 2.29. The van der Waals surface area contributed by atoms with Crippen molar-refractivity contribution in [3.8, 4) is 11.4 Å². The number of carbonyl (C=O) groups excluding carboxylic acids is 1. The molecule has 1 heterocycles. The number of carbonyl (C=O) groups is 1. The Morgan fingerprint density at radius 1 is 1.28 bits per heavy atom. The summed E-state index contributed by atoms with van der Waals surface area (Å²) in [7, 11) is 2.76. The highest BCUT2D eigenvalue weighted by molar-refractivity contribution is 5.79. The van der Waals surface area contributed by atoms with Gasteiger partial charge in [-0.3, -0.25) is 9.63 Å². The molecule has 1 atom stereocenters. The highest BCUT2D eigenvalue weighted by atomic mass is 19.4. The molecule has 136 valence electrons. The van der Waals surface area contributed by atoms with Gasteiger partial charge in [0.2, 0.25) is 5.82 Å². The van der Waals surface area contributed by atoms with Gasteiger partial charge >= 0.3 is 12.1 Å². The number of hydroxylamine groups is 2. The van der Waals surface area contributed by atoms with E-state index in [9.17, 15) is 18.0 Å². The van der Waals surface area contributed by atoms with E-state index in [1.165, 1.54) is 26.4 Å². The van der Waals surface area contributed by atoms with Crippen LogP contribution in [-0.4, -0.2) is 41.4 Å². The smallest absolute Gasteiger partial charge is 0.372 e. The van der Waals surface area contributed by atoms with Crippen LogP contribution >= 0.6 is 0 Å². The van der Waals surface area contributed by atoms with E-state index in [4.69, 9.17) is 9.57 Å². The molecule has 10 heteroatoms. The molecule has 2 aromatic rings. The molecule has 0 fully saturated rings. The molecule has 1 aromatic heterocycles. The second-order valence-electron chi connectivity index (χ2n) is 5.05. The van der Waals surface area contributed by atoms with Crippen molar-refractivity contribution in [3.05, 3.63) is 35.7 Å². The number of amides is 1. The summed E-state index contributed by atoms with van der Waals surface area (Å²) >= 11 is 0. The van der Waals surface area contributed by atoms with Gasteiger partial charge in [-0.15, -0.1) is 0 Å². The summed E-state index contributed by atoms with van der Waals surface area (Å²) in [6.45, 7) is 1.73. The summed E-state index contributed by atoms with van der Waals surface area (Å²) in [6, 6.07) is 6.29. The lowest BCUT2D eigenvalue weighted by molar-refractivity contribution is -0.188. The van der Waals surface area contributed by atoms with Crippen molar-refractivity contribution in [2.45, 2.75) is 25.7 Å². The van der Waals surface area contributed by atoms with Gasteiger partial charge in [-0.2, -0.15) is 18.2 Å². The molecule has 0 bridgehead atoms. The Labute approximate surface area is 141 Å². The first kappa shape index (κ1) is 18.9. The number of methoxy groups -OCH3 is 1. The number of alkyl halides is 3. The lowest BCUT2D eigenvalue weighted by Crippen LogP contribution is -2.37. The first-order valence-corrected chi connectivity index (χ1v) is 7.14. The molecule has 0 aliphatic heterocycles. The predicted molar refractivity (Wildman–Crippen MR) is 78.8 cm³/mol. The fraction of sp³-hybridized carbons (Fsp3) is 0.400. The largest absolute Gasteiger partial charge is 0.471 e. The summed E-state index contributed by atoms with van der Waals surface area (Å²) in [6.07, 6.45) is -5.36. The monoisotopic (exact) mass is 359 g/mol. The third-order valence-electron chi connectivity index (χ3n) is 3.37. The van der Waals surface area contributed by atoms with Crippen LogP contribution < -0.4 is 0 Å². The Morgan fingerprint density at radius 2 is 1.92 bits per heavy atom. The lowest BCUT2D eigenvalue weighted by atomic mass is 10.1. The average Bonchev–Trinajstić information content (AvgIpc) is 3.09. The summed E-state index contributed by atoms with van der Waals surface area (Å²) in [4.78, 5) is 20.4. The zero-order chi connectivity index (χ0) is 18.6. The Morgan fingerprint density at radius 3 is 2.40 bits per heavy atom. The summed E-state index contributed by atoms with van der Waals surface area (Å²) < 4.78 is 46.6. The summed E-state index contributed by atoms with van der Waals surface area (Å²) in [5, 5.41) is 4.43. The molecular weight excluding hydrogens is 343 g/mol. The van der Waals surface area contributed by atoms with E-state index in [-0.39, 0.29) is 18.3 Å². The molecule has 0 spiro atoms. The van der Waals surface area contributed by atoms with E-state index in [0.717, 1.165) is 5.06 Å². The summed E-state index contributed by atoms with van der Waals surface area (Å²) in [5.41, 5.74) is 1.05. The van der Waals surface area contributed by atoms with Gasteiger partial charge in [0, 0.05) is 12.7 Å². The quantitative estimate of drug-likeness (QED) is 0.738. The fourth-order valence-corrected chi connectivity index (χ4v) is 1.92. The number of rotatable bonds is 6. The van der Waals surface area contributed by atoms with Gasteiger partial charge < -0.3 is 9.26 Å². The van der Waals surface area contributed by atoms with Crippen molar-refractivity contribution in [3.63, 3.8) is 0 Å². The molecule has 0 radical (unpaired) electrons. The number of halogens is 3. The molecule has 0 saturated carbocycles. The minimum absolute atomic E-state index is 0.142. The van der Waals surface area contributed by atoms with Crippen molar-refractivity contribution >= 4 is 5.91 Å². The number of nitrogens with zero attached hydrogens (tertiary/aromatic N) is 3. The molecule has 0 unspecified atom stereocenters. The molecular formula is C15H16F3N3O4. The molecule has 0 aliphatic carbocycles. The Kier molecular flexibility index (Phi) is 5.75. The molecule has 7 nitrogen and oxygen atoms in total. The van der Waals surface area contributed by atoms with Crippen LogP contribution in [0.3, 0.4) is 0 Å². The van der Waals surface area contributed by atoms with Crippen LogP contribution in [0.15, 0.2) is 28.8 Å².